The fourth-order valence-corrected chi connectivity index (χ4v) is 2.42. The summed E-state index contributed by atoms with van der Waals surface area (Å²) in [5.41, 5.74) is 7.03. The molecule has 0 radical (unpaired) electrons. The molecule has 92 valence electrons. The second-order valence-electron chi connectivity index (χ2n) is 3.80. The maximum atomic E-state index is 11.4. The molecule has 1 heterocycles. The van der Waals surface area contributed by atoms with Crippen molar-refractivity contribution in [2.75, 3.05) is 11.9 Å². The average molecular weight is 260 g/mol. The van der Waals surface area contributed by atoms with Crippen molar-refractivity contribution in [3.8, 4) is 6.07 Å². The molecular weight excluding hydrogens is 248 g/mol. The van der Waals surface area contributed by atoms with E-state index in [9.17, 15) is 4.79 Å². The summed E-state index contributed by atoms with van der Waals surface area (Å²) in [6.45, 7) is 0.665. The lowest BCUT2D eigenvalue weighted by Gasteiger charge is -2.08. The van der Waals surface area contributed by atoms with E-state index in [0.29, 0.717) is 23.7 Å². The molecule has 0 fully saturated rings. The molecule has 1 aromatic rings. The number of aliphatic imine (C=N–C) groups is 1. The molecule has 1 aliphatic rings. The van der Waals surface area contributed by atoms with Gasteiger partial charge in [-0.3, -0.25) is 4.79 Å². The minimum atomic E-state index is -0.170. The van der Waals surface area contributed by atoms with Gasteiger partial charge in [-0.1, -0.05) is 11.8 Å². The Morgan fingerprint density at radius 2 is 2.17 bits per heavy atom. The highest BCUT2D eigenvalue weighted by Gasteiger charge is 2.26. The predicted molar refractivity (Wildman–Crippen MR) is 72.3 cm³/mol. The maximum absolute atomic E-state index is 11.4. The van der Waals surface area contributed by atoms with Crippen LogP contribution in [0.2, 0.25) is 0 Å². The Balaban J connectivity index is 1.79. The molecule has 0 saturated heterocycles. The third-order valence-electron chi connectivity index (χ3n) is 2.51. The van der Waals surface area contributed by atoms with E-state index < -0.39 is 0 Å². The standard InChI is InChI=1S/C12H12N4OS/c13-7-8-1-3-9(4-2-8)15-6-5-10-11(17)16-12(14)18-10/h1-4,10,15H,5-6H2,(H2,14,16,17)/t10-/m1/s1. The molecule has 0 spiro atoms. The summed E-state index contributed by atoms with van der Waals surface area (Å²) in [6, 6.07) is 9.24. The van der Waals surface area contributed by atoms with Gasteiger partial charge in [0.15, 0.2) is 5.17 Å². The van der Waals surface area contributed by atoms with Crippen molar-refractivity contribution < 1.29 is 4.79 Å². The van der Waals surface area contributed by atoms with Crippen molar-refractivity contribution in [2.24, 2.45) is 10.7 Å². The Kier molecular flexibility index (Phi) is 3.85. The van der Waals surface area contributed by atoms with Crippen molar-refractivity contribution >= 4 is 28.5 Å². The number of nitriles is 1. The van der Waals surface area contributed by atoms with Crippen molar-refractivity contribution in [3.05, 3.63) is 29.8 Å². The molecule has 1 amide bonds. The largest absolute Gasteiger partial charge is 0.385 e. The van der Waals surface area contributed by atoms with Crippen molar-refractivity contribution in [1.29, 1.82) is 5.26 Å². The number of benzene rings is 1. The Hall–Kier alpha value is -2.00. The topological polar surface area (TPSA) is 91.3 Å². The summed E-state index contributed by atoms with van der Waals surface area (Å²) >= 11 is 1.31. The Morgan fingerprint density at radius 1 is 1.44 bits per heavy atom. The van der Waals surface area contributed by atoms with Crippen LogP contribution in [0, 0.1) is 11.3 Å². The molecule has 3 N–H and O–H groups in total. The summed E-state index contributed by atoms with van der Waals surface area (Å²) in [5.74, 6) is -0.154. The molecule has 2 rings (SSSR count). The van der Waals surface area contributed by atoms with E-state index in [1.54, 1.807) is 12.1 Å². The highest BCUT2D eigenvalue weighted by atomic mass is 32.2. The van der Waals surface area contributed by atoms with Gasteiger partial charge < -0.3 is 11.1 Å². The van der Waals surface area contributed by atoms with Crippen molar-refractivity contribution in [2.45, 2.75) is 11.7 Å². The van der Waals surface area contributed by atoms with Gasteiger partial charge in [0.25, 0.3) is 5.91 Å². The maximum Gasteiger partial charge on any atom is 0.261 e. The van der Waals surface area contributed by atoms with E-state index in [1.165, 1.54) is 11.8 Å². The van der Waals surface area contributed by atoms with Crippen molar-refractivity contribution in [1.82, 2.24) is 0 Å². The number of amidine groups is 1. The first-order valence-electron chi connectivity index (χ1n) is 5.48. The van der Waals surface area contributed by atoms with Crippen LogP contribution in [0.1, 0.15) is 12.0 Å². The number of carbonyl (C=O) groups excluding carboxylic acids is 1. The first-order chi connectivity index (χ1) is 8.69. The Labute approximate surface area is 109 Å². The summed E-state index contributed by atoms with van der Waals surface area (Å²) in [6.07, 6.45) is 0.674. The van der Waals surface area contributed by atoms with Crippen molar-refractivity contribution in [3.63, 3.8) is 0 Å². The van der Waals surface area contributed by atoms with Crippen LogP contribution in [0.4, 0.5) is 5.69 Å². The van der Waals surface area contributed by atoms with Gasteiger partial charge in [-0.2, -0.15) is 10.3 Å². The number of nitrogens with two attached hydrogens (primary N) is 1. The van der Waals surface area contributed by atoms with Crippen LogP contribution in [0.15, 0.2) is 29.3 Å². The van der Waals surface area contributed by atoms with Gasteiger partial charge >= 0.3 is 0 Å². The number of nitrogens with one attached hydrogen (secondary N) is 1. The van der Waals surface area contributed by atoms with E-state index >= 15 is 0 Å². The number of nitrogens with zero attached hydrogens (tertiary/aromatic N) is 2. The number of thioether (sulfide) groups is 1. The van der Waals surface area contributed by atoms with Gasteiger partial charge in [-0.25, -0.2) is 0 Å². The van der Waals surface area contributed by atoms with Crippen LogP contribution >= 0.6 is 11.8 Å². The summed E-state index contributed by atoms with van der Waals surface area (Å²) in [7, 11) is 0. The third kappa shape index (κ3) is 3.02. The molecule has 1 aliphatic heterocycles. The minimum absolute atomic E-state index is 0.154. The quantitative estimate of drug-likeness (QED) is 0.851. The number of hydrogen-bond donors (Lipinski definition) is 2. The first-order valence-corrected chi connectivity index (χ1v) is 6.35. The molecule has 0 unspecified atom stereocenters. The fourth-order valence-electron chi connectivity index (χ4n) is 1.60. The number of amides is 1. The van der Waals surface area contributed by atoms with E-state index in [-0.39, 0.29) is 11.2 Å². The van der Waals surface area contributed by atoms with Crippen LogP contribution in [-0.4, -0.2) is 22.9 Å². The normalized spacial score (nSPS) is 18.3. The van der Waals surface area contributed by atoms with E-state index in [0.717, 1.165) is 5.69 Å². The zero-order valence-electron chi connectivity index (χ0n) is 9.59. The lowest BCUT2D eigenvalue weighted by atomic mass is 10.2. The molecule has 0 saturated carbocycles. The number of carbonyl (C=O) groups is 1. The Morgan fingerprint density at radius 3 is 2.72 bits per heavy atom. The monoisotopic (exact) mass is 260 g/mol. The first kappa shape index (κ1) is 12.5. The third-order valence-corrected chi connectivity index (χ3v) is 3.56. The van der Waals surface area contributed by atoms with Gasteiger partial charge in [0.1, 0.15) is 0 Å². The van der Waals surface area contributed by atoms with Crippen LogP contribution in [0.3, 0.4) is 0 Å². The fraction of sp³-hybridized carbons (Fsp3) is 0.250. The second kappa shape index (κ2) is 5.56. The van der Waals surface area contributed by atoms with Gasteiger partial charge in [-0.05, 0) is 30.7 Å². The van der Waals surface area contributed by atoms with Crippen LogP contribution in [-0.2, 0) is 4.79 Å². The molecule has 18 heavy (non-hydrogen) atoms. The predicted octanol–water partition coefficient (Wildman–Crippen LogP) is 1.32. The van der Waals surface area contributed by atoms with Gasteiger partial charge in [-0.15, -0.1) is 0 Å². The lowest BCUT2D eigenvalue weighted by Crippen LogP contribution is -2.16. The zero-order valence-corrected chi connectivity index (χ0v) is 10.4. The SMILES string of the molecule is N#Cc1ccc(NCC[C@H]2SC(N)=NC2=O)cc1. The van der Waals surface area contributed by atoms with Crippen LogP contribution in [0.25, 0.3) is 0 Å². The lowest BCUT2D eigenvalue weighted by molar-refractivity contribution is -0.117. The van der Waals surface area contributed by atoms with Gasteiger partial charge in [0, 0.05) is 12.2 Å². The van der Waals surface area contributed by atoms with Gasteiger partial charge in [0.2, 0.25) is 0 Å². The molecule has 6 heteroatoms. The molecular formula is C12H12N4OS. The summed E-state index contributed by atoms with van der Waals surface area (Å²) in [4.78, 5) is 15.0. The van der Waals surface area contributed by atoms with E-state index in [4.69, 9.17) is 11.0 Å². The summed E-state index contributed by atoms with van der Waals surface area (Å²) in [5, 5.41) is 12.0. The second-order valence-corrected chi connectivity index (χ2v) is 5.02. The molecule has 0 aliphatic carbocycles. The molecule has 0 aromatic heterocycles. The Bertz CT molecular complexity index is 518. The average Bonchev–Trinajstić information content (AvgIpc) is 2.69. The van der Waals surface area contributed by atoms with E-state index in [1.807, 2.05) is 12.1 Å². The van der Waals surface area contributed by atoms with Crippen LogP contribution < -0.4 is 11.1 Å². The highest BCUT2D eigenvalue weighted by molar-refractivity contribution is 8.15. The molecule has 5 nitrogen and oxygen atoms in total. The van der Waals surface area contributed by atoms with Crippen LogP contribution in [0.5, 0.6) is 0 Å². The smallest absolute Gasteiger partial charge is 0.261 e. The summed E-state index contributed by atoms with van der Waals surface area (Å²) < 4.78 is 0. The van der Waals surface area contributed by atoms with E-state index in [2.05, 4.69) is 16.4 Å². The number of hydrogen-bond acceptors (Lipinski definition) is 5. The molecule has 0 bridgehead atoms. The highest BCUT2D eigenvalue weighted by Crippen LogP contribution is 2.22. The minimum Gasteiger partial charge on any atom is -0.385 e. The zero-order chi connectivity index (χ0) is 13.0. The number of anilines is 1. The number of rotatable bonds is 4. The molecule has 1 atom stereocenters. The molecule has 1 aromatic carbocycles. The van der Waals surface area contributed by atoms with Gasteiger partial charge in [0.05, 0.1) is 16.9 Å².